The van der Waals surface area contributed by atoms with Crippen LogP contribution in [0, 0.1) is 22.7 Å². The zero-order valence-electron chi connectivity index (χ0n) is 9.39. The van der Waals surface area contributed by atoms with Crippen molar-refractivity contribution in [2.24, 2.45) is 22.7 Å². The molecule has 3 rings (SSSR count). The Labute approximate surface area is 85.0 Å². The van der Waals surface area contributed by atoms with E-state index < -0.39 is 0 Å². The number of rotatable bonds is 1. The first-order valence-corrected chi connectivity index (χ1v) is 5.56. The fraction of sp³-hybridized carbons (Fsp3) is 0.917. The Kier molecular flexibility index (Phi) is 1.18. The Bertz CT molecular complexity index is 331. The Balaban J connectivity index is 1.95. The van der Waals surface area contributed by atoms with E-state index in [1.165, 1.54) is 13.3 Å². The second-order valence-corrected chi connectivity index (χ2v) is 6.00. The fourth-order valence-electron chi connectivity index (χ4n) is 4.88. The largest absolute Gasteiger partial charge is 0.459 e. The van der Waals surface area contributed by atoms with Gasteiger partial charge in [0, 0.05) is 12.3 Å². The molecule has 0 heterocycles. The van der Waals surface area contributed by atoms with Crippen molar-refractivity contribution in [1.82, 2.24) is 0 Å². The highest BCUT2D eigenvalue weighted by atomic mass is 16.6. The first kappa shape index (κ1) is 8.75. The van der Waals surface area contributed by atoms with Crippen molar-refractivity contribution in [3.8, 4) is 0 Å². The van der Waals surface area contributed by atoms with Gasteiger partial charge in [-0.25, -0.2) is 0 Å². The smallest absolute Gasteiger partial charge is 0.303 e. The van der Waals surface area contributed by atoms with E-state index in [2.05, 4.69) is 20.8 Å². The van der Waals surface area contributed by atoms with Crippen LogP contribution in [0.5, 0.6) is 0 Å². The highest BCUT2D eigenvalue weighted by Gasteiger charge is 2.90. The molecule has 3 fully saturated rings. The third kappa shape index (κ3) is 0.558. The highest BCUT2D eigenvalue weighted by Crippen LogP contribution is 2.92. The molecule has 0 aromatic rings. The minimum absolute atomic E-state index is 0.121. The Hall–Kier alpha value is -0.530. The van der Waals surface area contributed by atoms with E-state index in [4.69, 9.17) is 4.74 Å². The number of hydrogen-bond acceptors (Lipinski definition) is 2. The van der Waals surface area contributed by atoms with E-state index in [0.717, 1.165) is 18.3 Å². The van der Waals surface area contributed by atoms with Gasteiger partial charge in [-0.2, -0.15) is 0 Å². The van der Waals surface area contributed by atoms with E-state index in [9.17, 15) is 4.79 Å². The van der Waals surface area contributed by atoms with Crippen molar-refractivity contribution in [1.29, 1.82) is 0 Å². The molecule has 0 spiro atoms. The van der Waals surface area contributed by atoms with Crippen molar-refractivity contribution in [3.63, 3.8) is 0 Å². The van der Waals surface area contributed by atoms with Gasteiger partial charge < -0.3 is 4.74 Å². The average molecular weight is 194 g/mol. The first-order valence-electron chi connectivity index (χ1n) is 5.56. The Morgan fingerprint density at radius 1 is 1.36 bits per heavy atom. The average Bonchev–Trinajstić information content (AvgIpc) is 2.38. The van der Waals surface area contributed by atoms with Gasteiger partial charge in [-0.1, -0.05) is 13.8 Å². The first-order chi connectivity index (χ1) is 6.36. The van der Waals surface area contributed by atoms with Crippen LogP contribution < -0.4 is 0 Å². The van der Waals surface area contributed by atoms with Crippen LogP contribution in [0.25, 0.3) is 0 Å². The lowest BCUT2D eigenvalue weighted by atomic mass is 9.71. The van der Waals surface area contributed by atoms with E-state index >= 15 is 0 Å². The summed E-state index contributed by atoms with van der Waals surface area (Å²) in [7, 11) is 0. The molecule has 3 aliphatic rings. The van der Waals surface area contributed by atoms with Crippen LogP contribution in [0.15, 0.2) is 0 Å². The molecule has 5 unspecified atom stereocenters. The van der Waals surface area contributed by atoms with Gasteiger partial charge in [0.05, 0.1) is 0 Å². The molecule has 2 nitrogen and oxygen atoms in total. The number of ether oxygens (including phenoxy) is 1. The summed E-state index contributed by atoms with van der Waals surface area (Å²) in [6.07, 6.45) is 2.44. The fourth-order valence-corrected chi connectivity index (χ4v) is 4.88. The highest BCUT2D eigenvalue weighted by molar-refractivity contribution is 5.67. The molecule has 3 saturated carbocycles. The van der Waals surface area contributed by atoms with Gasteiger partial charge in [0.25, 0.3) is 0 Å². The number of carbonyl (C=O) groups is 1. The second kappa shape index (κ2) is 1.89. The van der Waals surface area contributed by atoms with Gasteiger partial charge in [0.15, 0.2) is 0 Å². The molecule has 2 heteroatoms. The molecule has 14 heavy (non-hydrogen) atoms. The molecule has 0 N–H and O–H groups in total. The minimum atomic E-state index is -0.179. The van der Waals surface area contributed by atoms with E-state index in [0.29, 0.717) is 5.41 Å². The number of fused-ring (bicyclic) bond motifs is 1. The summed E-state index contributed by atoms with van der Waals surface area (Å²) in [6.45, 7) is 8.35. The SMILES string of the molecule is CC(=O)OC1(C)CC2CC3C2(C)C31C. The Morgan fingerprint density at radius 3 is 2.36 bits per heavy atom. The van der Waals surface area contributed by atoms with Crippen molar-refractivity contribution in [2.75, 3.05) is 0 Å². The minimum Gasteiger partial charge on any atom is -0.459 e. The predicted molar refractivity (Wildman–Crippen MR) is 52.6 cm³/mol. The normalized spacial score (nSPS) is 62.9. The van der Waals surface area contributed by atoms with Crippen molar-refractivity contribution in [2.45, 2.75) is 46.1 Å². The van der Waals surface area contributed by atoms with Crippen LogP contribution in [0.2, 0.25) is 0 Å². The monoisotopic (exact) mass is 194 g/mol. The molecule has 5 atom stereocenters. The lowest BCUT2D eigenvalue weighted by molar-refractivity contribution is -0.164. The van der Waals surface area contributed by atoms with Crippen molar-refractivity contribution >= 4 is 5.97 Å². The summed E-state index contributed by atoms with van der Waals surface area (Å²) < 4.78 is 5.58. The van der Waals surface area contributed by atoms with Crippen LogP contribution in [0.3, 0.4) is 0 Å². The third-order valence-electron chi connectivity index (χ3n) is 5.93. The third-order valence-corrected chi connectivity index (χ3v) is 5.93. The van der Waals surface area contributed by atoms with Crippen LogP contribution in [0.4, 0.5) is 0 Å². The summed E-state index contributed by atoms with van der Waals surface area (Å²) in [5, 5.41) is 0. The number of esters is 1. The Morgan fingerprint density at radius 2 is 2.00 bits per heavy atom. The van der Waals surface area contributed by atoms with Crippen LogP contribution in [-0.4, -0.2) is 11.6 Å². The molecular formula is C12H18O2. The second-order valence-electron chi connectivity index (χ2n) is 6.00. The molecule has 78 valence electrons. The van der Waals surface area contributed by atoms with Crippen molar-refractivity contribution < 1.29 is 9.53 Å². The van der Waals surface area contributed by atoms with Crippen LogP contribution in [0.1, 0.15) is 40.5 Å². The number of carbonyl (C=O) groups excluding carboxylic acids is 1. The molecule has 0 radical (unpaired) electrons. The lowest BCUT2D eigenvalue weighted by Crippen LogP contribution is -2.41. The summed E-state index contributed by atoms with van der Waals surface area (Å²) in [6, 6.07) is 0. The van der Waals surface area contributed by atoms with Gasteiger partial charge in [-0.05, 0) is 37.0 Å². The van der Waals surface area contributed by atoms with Crippen LogP contribution in [-0.2, 0) is 9.53 Å². The maximum atomic E-state index is 11.1. The molecule has 0 bridgehead atoms. The van der Waals surface area contributed by atoms with E-state index in [1.807, 2.05) is 0 Å². The van der Waals surface area contributed by atoms with E-state index in [-0.39, 0.29) is 17.0 Å². The summed E-state index contributed by atoms with van der Waals surface area (Å²) in [5.74, 6) is 1.50. The number of hydrogen-bond donors (Lipinski definition) is 0. The van der Waals surface area contributed by atoms with Gasteiger partial charge >= 0.3 is 5.97 Å². The topological polar surface area (TPSA) is 26.3 Å². The van der Waals surface area contributed by atoms with Gasteiger partial charge in [0.1, 0.15) is 5.60 Å². The molecule has 3 aliphatic carbocycles. The van der Waals surface area contributed by atoms with Gasteiger partial charge in [-0.15, -0.1) is 0 Å². The molecule has 0 aliphatic heterocycles. The lowest BCUT2D eigenvalue weighted by Gasteiger charge is -2.39. The summed E-state index contributed by atoms with van der Waals surface area (Å²) in [5.41, 5.74) is 0.592. The maximum Gasteiger partial charge on any atom is 0.303 e. The molecule has 0 aromatic carbocycles. The zero-order chi connectivity index (χ0) is 10.4. The van der Waals surface area contributed by atoms with Crippen LogP contribution >= 0.6 is 0 Å². The summed E-state index contributed by atoms with van der Waals surface area (Å²) >= 11 is 0. The standard InChI is InChI=1S/C12H18O2/c1-7(13)14-10(2)6-8-5-9-11(8,3)12(9,10)4/h8-9H,5-6H2,1-4H3. The van der Waals surface area contributed by atoms with Gasteiger partial charge in [-0.3, -0.25) is 4.79 Å². The maximum absolute atomic E-state index is 11.1. The molecular weight excluding hydrogens is 176 g/mol. The quantitative estimate of drug-likeness (QED) is 0.599. The van der Waals surface area contributed by atoms with Crippen molar-refractivity contribution in [3.05, 3.63) is 0 Å². The zero-order valence-corrected chi connectivity index (χ0v) is 9.39. The molecule has 0 amide bonds. The van der Waals surface area contributed by atoms with Gasteiger partial charge in [0.2, 0.25) is 0 Å². The van der Waals surface area contributed by atoms with E-state index in [1.54, 1.807) is 0 Å². The summed E-state index contributed by atoms with van der Waals surface area (Å²) in [4.78, 5) is 11.1. The molecule has 0 saturated heterocycles. The predicted octanol–water partition coefficient (Wildman–Crippen LogP) is 2.37. The molecule has 0 aromatic heterocycles.